The first kappa shape index (κ1) is 18.2. The van der Waals surface area contributed by atoms with Crippen LogP contribution in [0.5, 0.6) is 0 Å². The van der Waals surface area contributed by atoms with Crippen molar-refractivity contribution in [2.45, 2.75) is 71.6 Å². The van der Waals surface area contributed by atoms with E-state index in [2.05, 4.69) is 19.2 Å². The SMILES string of the molecule is CCCN(CCNC1CCOC(C)C1)C(=O)OC(C)(C)C. The first-order chi connectivity index (χ1) is 9.81. The topological polar surface area (TPSA) is 50.8 Å². The molecule has 1 amide bonds. The summed E-state index contributed by atoms with van der Waals surface area (Å²) < 4.78 is 11.0. The highest BCUT2D eigenvalue weighted by Crippen LogP contribution is 2.13. The van der Waals surface area contributed by atoms with Crippen LogP contribution >= 0.6 is 0 Å². The monoisotopic (exact) mass is 300 g/mol. The summed E-state index contributed by atoms with van der Waals surface area (Å²) in [5, 5.41) is 3.53. The highest BCUT2D eigenvalue weighted by Gasteiger charge is 2.22. The highest BCUT2D eigenvalue weighted by atomic mass is 16.6. The molecule has 1 fully saturated rings. The Hall–Kier alpha value is -0.810. The first-order valence-electron chi connectivity index (χ1n) is 8.14. The van der Waals surface area contributed by atoms with Crippen molar-refractivity contribution in [1.29, 1.82) is 0 Å². The maximum absolute atomic E-state index is 12.1. The number of amides is 1. The number of rotatable bonds is 6. The van der Waals surface area contributed by atoms with E-state index in [-0.39, 0.29) is 6.09 Å². The molecule has 1 saturated heterocycles. The molecule has 1 N–H and O–H groups in total. The first-order valence-corrected chi connectivity index (χ1v) is 8.14. The fourth-order valence-electron chi connectivity index (χ4n) is 2.48. The second kappa shape index (κ2) is 8.59. The van der Waals surface area contributed by atoms with Crippen LogP contribution in [0, 0.1) is 0 Å². The zero-order valence-corrected chi connectivity index (χ0v) is 14.3. The highest BCUT2D eigenvalue weighted by molar-refractivity contribution is 5.68. The van der Waals surface area contributed by atoms with E-state index >= 15 is 0 Å². The molecule has 5 nitrogen and oxygen atoms in total. The normalized spacial score (nSPS) is 22.9. The summed E-state index contributed by atoms with van der Waals surface area (Å²) in [4.78, 5) is 13.9. The number of nitrogens with one attached hydrogen (secondary N) is 1. The molecule has 0 radical (unpaired) electrons. The molecule has 0 aromatic rings. The minimum absolute atomic E-state index is 0.216. The number of carbonyl (C=O) groups is 1. The summed E-state index contributed by atoms with van der Waals surface area (Å²) in [6.45, 7) is 12.9. The second-order valence-corrected chi connectivity index (χ2v) is 6.82. The van der Waals surface area contributed by atoms with E-state index in [0.717, 1.165) is 39.0 Å². The van der Waals surface area contributed by atoms with Crippen molar-refractivity contribution in [2.75, 3.05) is 26.2 Å². The smallest absolute Gasteiger partial charge is 0.410 e. The van der Waals surface area contributed by atoms with Gasteiger partial charge >= 0.3 is 6.09 Å². The Kier molecular flexibility index (Phi) is 7.46. The summed E-state index contributed by atoms with van der Waals surface area (Å²) in [5.74, 6) is 0. The van der Waals surface area contributed by atoms with Crippen LogP contribution in [-0.2, 0) is 9.47 Å². The summed E-state index contributed by atoms with van der Waals surface area (Å²) >= 11 is 0. The Bertz CT molecular complexity index is 315. The lowest BCUT2D eigenvalue weighted by Crippen LogP contribution is -2.44. The zero-order valence-electron chi connectivity index (χ0n) is 14.3. The van der Waals surface area contributed by atoms with Gasteiger partial charge in [-0.25, -0.2) is 4.79 Å². The van der Waals surface area contributed by atoms with Gasteiger partial charge in [0.25, 0.3) is 0 Å². The third-order valence-electron chi connectivity index (χ3n) is 3.45. The molecular weight excluding hydrogens is 268 g/mol. The van der Waals surface area contributed by atoms with Gasteiger partial charge in [0.05, 0.1) is 6.10 Å². The van der Waals surface area contributed by atoms with Crippen molar-refractivity contribution >= 4 is 6.09 Å². The van der Waals surface area contributed by atoms with Gasteiger partial charge in [0, 0.05) is 32.3 Å². The quantitative estimate of drug-likeness (QED) is 0.819. The Morgan fingerprint density at radius 1 is 1.38 bits per heavy atom. The molecule has 1 rings (SSSR count). The minimum atomic E-state index is -0.438. The van der Waals surface area contributed by atoms with Crippen LogP contribution in [0.25, 0.3) is 0 Å². The van der Waals surface area contributed by atoms with Crippen molar-refractivity contribution < 1.29 is 14.3 Å². The van der Waals surface area contributed by atoms with Crippen LogP contribution in [-0.4, -0.2) is 55.0 Å². The maximum atomic E-state index is 12.1. The maximum Gasteiger partial charge on any atom is 0.410 e. The summed E-state index contributed by atoms with van der Waals surface area (Å²) in [6, 6.07) is 0.496. The van der Waals surface area contributed by atoms with E-state index in [1.165, 1.54) is 0 Å². The van der Waals surface area contributed by atoms with Gasteiger partial charge in [0.15, 0.2) is 0 Å². The molecule has 1 heterocycles. The van der Waals surface area contributed by atoms with E-state index in [9.17, 15) is 4.79 Å². The fourth-order valence-corrected chi connectivity index (χ4v) is 2.48. The molecule has 2 unspecified atom stereocenters. The molecule has 0 aromatic heterocycles. The average molecular weight is 300 g/mol. The number of nitrogens with zero attached hydrogens (tertiary/aromatic N) is 1. The van der Waals surface area contributed by atoms with Crippen molar-refractivity contribution in [2.24, 2.45) is 0 Å². The van der Waals surface area contributed by atoms with Crippen LogP contribution < -0.4 is 5.32 Å². The summed E-state index contributed by atoms with van der Waals surface area (Å²) in [7, 11) is 0. The van der Waals surface area contributed by atoms with Crippen LogP contribution in [0.15, 0.2) is 0 Å². The molecular formula is C16H32N2O3. The molecule has 1 aliphatic rings. The van der Waals surface area contributed by atoms with E-state index in [1.807, 2.05) is 20.8 Å². The number of hydrogen-bond donors (Lipinski definition) is 1. The van der Waals surface area contributed by atoms with Gasteiger partial charge in [-0.05, 0) is 47.0 Å². The number of hydrogen-bond acceptors (Lipinski definition) is 4. The third-order valence-corrected chi connectivity index (χ3v) is 3.45. The number of ether oxygens (including phenoxy) is 2. The largest absolute Gasteiger partial charge is 0.444 e. The summed E-state index contributed by atoms with van der Waals surface area (Å²) in [6.07, 6.45) is 3.14. The fraction of sp³-hybridized carbons (Fsp3) is 0.938. The second-order valence-electron chi connectivity index (χ2n) is 6.82. The van der Waals surface area contributed by atoms with Crippen LogP contribution in [0.2, 0.25) is 0 Å². The molecule has 0 bridgehead atoms. The van der Waals surface area contributed by atoms with Gasteiger partial charge in [-0.15, -0.1) is 0 Å². The molecule has 2 atom stereocenters. The third kappa shape index (κ3) is 7.67. The lowest BCUT2D eigenvalue weighted by molar-refractivity contribution is 0.0111. The Labute approximate surface area is 129 Å². The standard InChI is InChI=1S/C16H32N2O3/c1-6-9-18(15(19)21-16(3,4)5)10-8-17-14-7-11-20-13(2)12-14/h13-14,17H,6-12H2,1-5H3. The molecule has 0 aromatic carbocycles. The lowest BCUT2D eigenvalue weighted by Gasteiger charge is -2.30. The van der Waals surface area contributed by atoms with Crippen molar-refractivity contribution in [3.63, 3.8) is 0 Å². The predicted octanol–water partition coefficient (Wildman–Crippen LogP) is 2.79. The van der Waals surface area contributed by atoms with E-state index in [0.29, 0.717) is 18.7 Å². The van der Waals surface area contributed by atoms with Crippen molar-refractivity contribution in [1.82, 2.24) is 10.2 Å². The van der Waals surface area contributed by atoms with Gasteiger partial charge < -0.3 is 19.7 Å². The van der Waals surface area contributed by atoms with Crippen LogP contribution in [0.3, 0.4) is 0 Å². The van der Waals surface area contributed by atoms with Crippen molar-refractivity contribution in [3.05, 3.63) is 0 Å². The Morgan fingerprint density at radius 2 is 2.10 bits per heavy atom. The molecule has 124 valence electrons. The Morgan fingerprint density at radius 3 is 2.67 bits per heavy atom. The van der Waals surface area contributed by atoms with Gasteiger partial charge in [-0.1, -0.05) is 6.92 Å². The van der Waals surface area contributed by atoms with Crippen LogP contribution in [0.1, 0.15) is 53.9 Å². The molecule has 21 heavy (non-hydrogen) atoms. The lowest BCUT2D eigenvalue weighted by atomic mass is 10.0. The number of carbonyl (C=O) groups excluding carboxylic acids is 1. The van der Waals surface area contributed by atoms with E-state index in [4.69, 9.17) is 9.47 Å². The predicted molar refractivity (Wildman–Crippen MR) is 84.5 cm³/mol. The van der Waals surface area contributed by atoms with E-state index in [1.54, 1.807) is 4.90 Å². The van der Waals surface area contributed by atoms with Crippen LogP contribution in [0.4, 0.5) is 4.79 Å². The molecule has 0 spiro atoms. The summed E-state index contributed by atoms with van der Waals surface area (Å²) in [5.41, 5.74) is -0.438. The van der Waals surface area contributed by atoms with Gasteiger partial charge in [-0.3, -0.25) is 0 Å². The molecule has 5 heteroatoms. The zero-order chi connectivity index (χ0) is 15.9. The Balaban J connectivity index is 2.35. The average Bonchev–Trinajstić information content (AvgIpc) is 2.35. The minimum Gasteiger partial charge on any atom is -0.444 e. The van der Waals surface area contributed by atoms with Gasteiger partial charge in [0.2, 0.25) is 0 Å². The van der Waals surface area contributed by atoms with Gasteiger partial charge in [-0.2, -0.15) is 0 Å². The van der Waals surface area contributed by atoms with Gasteiger partial charge in [0.1, 0.15) is 5.60 Å². The molecule has 1 aliphatic heterocycles. The molecule has 0 aliphatic carbocycles. The molecule has 0 saturated carbocycles. The van der Waals surface area contributed by atoms with Crippen molar-refractivity contribution in [3.8, 4) is 0 Å². The van der Waals surface area contributed by atoms with E-state index < -0.39 is 5.60 Å².